The highest BCUT2D eigenvalue weighted by Crippen LogP contribution is 2.06. The van der Waals surface area contributed by atoms with Gasteiger partial charge in [-0.05, 0) is 33.1 Å². The van der Waals surface area contributed by atoms with Gasteiger partial charge in [0, 0.05) is 13.6 Å². The van der Waals surface area contributed by atoms with E-state index in [-0.39, 0.29) is 5.91 Å². The molecule has 0 unspecified atom stereocenters. The highest BCUT2D eigenvalue weighted by atomic mass is 16.2. The van der Waals surface area contributed by atoms with E-state index in [0.29, 0.717) is 0 Å². The summed E-state index contributed by atoms with van der Waals surface area (Å²) >= 11 is 0. The molecule has 0 bridgehead atoms. The summed E-state index contributed by atoms with van der Waals surface area (Å²) in [4.78, 5) is 13.4. The Morgan fingerprint density at radius 3 is 2.47 bits per heavy atom. The number of allylic oxidation sites excluding steroid dienone is 1. The van der Waals surface area contributed by atoms with E-state index in [1.807, 2.05) is 13.1 Å². The molecule has 15 heavy (non-hydrogen) atoms. The van der Waals surface area contributed by atoms with E-state index in [9.17, 15) is 4.79 Å². The summed E-state index contributed by atoms with van der Waals surface area (Å²) in [5.41, 5.74) is 4.97. The third-order valence-corrected chi connectivity index (χ3v) is 2.30. The number of rotatable bonds is 7. The van der Waals surface area contributed by atoms with Gasteiger partial charge in [0.2, 0.25) is 5.91 Å². The smallest absolute Gasteiger partial charge is 0.241 e. The van der Waals surface area contributed by atoms with Crippen LogP contribution in [0, 0.1) is 0 Å². The van der Waals surface area contributed by atoms with Gasteiger partial charge in [0.25, 0.3) is 0 Å². The van der Waals surface area contributed by atoms with Crippen molar-refractivity contribution in [3.63, 3.8) is 0 Å². The Balaban J connectivity index is 3.70. The number of hydrogen-bond donors (Lipinski definition) is 1. The summed E-state index contributed by atoms with van der Waals surface area (Å²) in [5, 5.41) is 0. The summed E-state index contributed by atoms with van der Waals surface area (Å²) in [5.74, 6) is 0.00576. The molecule has 1 amide bonds. The second kappa shape index (κ2) is 6.62. The monoisotopic (exact) mass is 212 g/mol. The molecule has 2 N–H and O–H groups in total. The van der Waals surface area contributed by atoms with Crippen molar-refractivity contribution in [3.8, 4) is 0 Å². The first-order valence-electron chi connectivity index (χ1n) is 5.55. The Bertz CT molecular complexity index is 206. The van der Waals surface area contributed by atoms with Crippen molar-refractivity contribution in [3.05, 3.63) is 12.7 Å². The Kier molecular flexibility index (Phi) is 6.25. The van der Waals surface area contributed by atoms with Gasteiger partial charge < -0.3 is 10.6 Å². The van der Waals surface area contributed by atoms with Crippen molar-refractivity contribution in [2.45, 2.75) is 45.1 Å². The van der Waals surface area contributed by atoms with Crippen LogP contribution in [0.15, 0.2) is 12.7 Å². The summed E-state index contributed by atoms with van der Waals surface area (Å²) in [6, 6.07) is 0. The van der Waals surface area contributed by atoms with Crippen LogP contribution >= 0.6 is 0 Å². The molecule has 0 atom stereocenters. The van der Waals surface area contributed by atoms with Crippen LogP contribution in [0.5, 0.6) is 0 Å². The Labute approximate surface area is 93.3 Å². The van der Waals surface area contributed by atoms with Gasteiger partial charge in [-0.3, -0.25) is 4.79 Å². The first-order valence-corrected chi connectivity index (χ1v) is 5.55. The maximum Gasteiger partial charge on any atom is 0.241 e. The molecule has 0 radical (unpaired) electrons. The molecule has 0 aromatic rings. The zero-order chi connectivity index (χ0) is 11.9. The minimum Gasteiger partial charge on any atom is -0.344 e. The molecule has 0 rings (SSSR count). The third kappa shape index (κ3) is 6.28. The zero-order valence-electron chi connectivity index (χ0n) is 10.3. The normalized spacial score (nSPS) is 11.2. The van der Waals surface area contributed by atoms with E-state index < -0.39 is 5.54 Å². The largest absolute Gasteiger partial charge is 0.344 e. The molecule has 0 saturated heterocycles. The Morgan fingerprint density at radius 1 is 1.40 bits per heavy atom. The molecule has 0 aromatic heterocycles. The lowest BCUT2D eigenvalue weighted by Crippen LogP contribution is -2.49. The molecule has 0 saturated carbocycles. The predicted octanol–water partition coefficient (Wildman–Crippen LogP) is 1.93. The topological polar surface area (TPSA) is 46.3 Å². The van der Waals surface area contributed by atoms with Gasteiger partial charge in [-0.25, -0.2) is 0 Å². The quantitative estimate of drug-likeness (QED) is 0.518. The molecule has 0 fully saturated rings. The molecule has 0 aliphatic rings. The molecule has 88 valence electrons. The van der Waals surface area contributed by atoms with E-state index in [1.54, 1.807) is 18.7 Å². The Morgan fingerprint density at radius 2 is 2.00 bits per heavy atom. The summed E-state index contributed by atoms with van der Waals surface area (Å²) in [6.07, 6.45) is 6.30. The lowest BCUT2D eigenvalue weighted by molar-refractivity contribution is -0.134. The number of likely N-dealkylation sites (N-methyl/N-ethyl adjacent to an activating group) is 1. The number of hydrogen-bond acceptors (Lipinski definition) is 2. The van der Waals surface area contributed by atoms with Gasteiger partial charge in [0.15, 0.2) is 0 Å². The molecular weight excluding hydrogens is 188 g/mol. The van der Waals surface area contributed by atoms with E-state index in [2.05, 4.69) is 6.58 Å². The predicted molar refractivity (Wildman–Crippen MR) is 64.6 cm³/mol. The second-order valence-corrected chi connectivity index (χ2v) is 4.59. The highest BCUT2D eigenvalue weighted by molar-refractivity contribution is 5.84. The molecule has 3 nitrogen and oxygen atoms in total. The fourth-order valence-corrected chi connectivity index (χ4v) is 1.41. The van der Waals surface area contributed by atoms with Crippen LogP contribution in [0.25, 0.3) is 0 Å². The molecular formula is C12H24N2O. The van der Waals surface area contributed by atoms with Gasteiger partial charge in [-0.2, -0.15) is 0 Å². The third-order valence-electron chi connectivity index (χ3n) is 2.30. The number of amides is 1. The van der Waals surface area contributed by atoms with Crippen molar-refractivity contribution in [2.24, 2.45) is 5.73 Å². The minimum atomic E-state index is -0.754. The van der Waals surface area contributed by atoms with Crippen LogP contribution in [0.1, 0.15) is 39.5 Å². The zero-order valence-corrected chi connectivity index (χ0v) is 10.3. The van der Waals surface area contributed by atoms with Crippen LogP contribution in [-0.4, -0.2) is 29.9 Å². The van der Waals surface area contributed by atoms with E-state index in [0.717, 1.165) is 32.2 Å². The summed E-state index contributed by atoms with van der Waals surface area (Å²) in [7, 11) is 1.81. The number of unbranched alkanes of at least 4 members (excludes halogenated alkanes) is 3. The fourth-order valence-electron chi connectivity index (χ4n) is 1.41. The Hall–Kier alpha value is -0.830. The maximum absolute atomic E-state index is 11.7. The van der Waals surface area contributed by atoms with Gasteiger partial charge in [-0.1, -0.05) is 12.5 Å². The van der Waals surface area contributed by atoms with Gasteiger partial charge in [0.05, 0.1) is 5.54 Å². The maximum atomic E-state index is 11.7. The van der Waals surface area contributed by atoms with Crippen LogP contribution in [-0.2, 0) is 4.79 Å². The van der Waals surface area contributed by atoms with Gasteiger partial charge in [-0.15, -0.1) is 6.58 Å². The first kappa shape index (κ1) is 14.2. The van der Waals surface area contributed by atoms with Crippen molar-refractivity contribution in [1.29, 1.82) is 0 Å². The van der Waals surface area contributed by atoms with Crippen LogP contribution in [0.3, 0.4) is 0 Å². The highest BCUT2D eigenvalue weighted by Gasteiger charge is 2.24. The summed E-state index contributed by atoms with van der Waals surface area (Å²) < 4.78 is 0. The van der Waals surface area contributed by atoms with Crippen LogP contribution in [0.4, 0.5) is 0 Å². The molecule has 0 heterocycles. The molecule has 0 aliphatic heterocycles. The van der Waals surface area contributed by atoms with E-state index in [4.69, 9.17) is 5.73 Å². The van der Waals surface area contributed by atoms with Crippen molar-refractivity contribution < 1.29 is 4.79 Å². The molecule has 0 aliphatic carbocycles. The standard InChI is InChI=1S/C12H24N2O/c1-5-6-7-8-9-10-14(4)11(15)12(2,3)13/h5H,1,6-10,13H2,2-4H3. The lowest BCUT2D eigenvalue weighted by atomic mass is 10.1. The van der Waals surface area contributed by atoms with Crippen molar-refractivity contribution in [1.82, 2.24) is 4.90 Å². The van der Waals surface area contributed by atoms with E-state index in [1.165, 1.54) is 0 Å². The number of carbonyl (C=O) groups is 1. The number of nitrogens with two attached hydrogens (primary N) is 1. The second-order valence-electron chi connectivity index (χ2n) is 4.59. The molecule has 3 heteroatoms. The van der Waals surface area contributed by atoms with Crippen molar-refractivity contribution >= 4 is 5.91 Å². The number of nitrogens with zero attached hydrogens (tertiary/aromatic N) is 1. The van der Waals surface area contributed by atoms with Crippen LogP contribution in [0.2, 0.25) is 0 Å². The average molecular weight is 212 g/mol. The molecule has 0 aromatic carbocycles. The molecule has 0 spiro atoms. The number of carbonyl (C=O) groups excluding carboxylic acids is 1. The van der Waals surface area contributed by atoms with Crippen molar-refractivity contribution in [2.75, 3.05) is 13.6 Å². The minimum absolute atomic E-state index is 0.00576. The first-order chi connectivity index (χ1) is 6.89. The van der Waals surface area contributed by atoms with E-state index >= 15 is 0 Å². The SMILES string of the molecule is C=CCCCCCN(C)C(=O)C(C)(C)N. The lowest BCUT2D eigenvalue weighted by Gasteiger charge is -2.25. The average Bonchev–Trinajstić information content (AvgIpc) is 2.14. The van der Waals surface area contributed by atoms with Gasteiger partial charge in [0.1, 0.15) is 0 Å². The summed E-state index contributed by atoms with van der Waals surface area (Å²) in [6.45, 7) is 7.94. The van der Waals surface area contributed by atoms with Gasteiger partial charge >= 0.3 is 0 Å². The fraction of sp³-hybridized carbons (Fsp3) is 0.750. The van der Waals surface area contributed by atoms with Crippen LogP contribution < -0.4 is 5.73 Å².